The van der Waals surface area contributed by atoms with E-state index < -0.39 is 0 Å². The van der Waals surface area contributed by atoms with Gasteiger partial charge in [-0.25, -0.2) is 4.98 Å². The Morgan fingerprint density at radius 3 is 2.57 bits per heavy atom. The van der Waals surface area contributed by atoms with Gasteiger partial charge >= 0.3 is 0 Å². The van der Waals surface area contributed by atoms with Crippen molar-refractivity contribution in [3.8, 4) is 0 Å². The van der Waals surface area contributed by atoms with Crippen molar-refractivity contribution in [2.45, 2.75) is 45.6 Å². The molecule has 0 aliphatic heterocycles. The first-order valence-electron chi connectivity index (χ1n) is 5.43. The van der Waals surface area contributed by atoms with Crippen molar-refractivity contribution in [1.29, 1.82) is 0 Å². The molecular weight excluding hydrogens is 174 g/mol. The van der Waals surface area contributed by atoms with E-state index in [1.807, 2.05) is 6.33 Å². The summed E-state index contributed by atoms with van der Waals surface area (Å²) in [6.07, 6.45) is 4.42. The third kappa shape index (κ3) is 1.51. The van der Waals surface area contributed by atoms with Gasteiger partial charge in [0.15, 0.2) is 0 Å². The largest absolute Gasteiger partial charge is 0.384 e. The number of hydrogen-bond donors (Lipinski definition) is 1. The molecule has 78 valence electrons. The van der Waals surface area contributed by atoms with E-state index in [4.69, 9.17) is 5.73 Å². The Labute approximate surface area is 85.3 Å². The standard InChI is InChI=1S/C11H19N3/c1-7(2)8(3)10-11(12)14(6-13-10)9-4-5-9/h6-9H,4-5,12H2,1-3H3. The molecule has 0 bridgehead atoms. The van der Waals surface area contributed by atoms with Gasteiger partial charge in [0.25, 0.3) is 0 Å². The third-order valence-corrected chi connectivity index (χ3v) is 3.23. The molecule has 2 rings (SSSR count). The van der Waals surface area contributed by atoms with E-state index in [0.717, 1.165) is 11.5 Å². The lowest BCUT2D eigenvalue weighted by Gasteiger charge is -2.14. The van der Waals surface area contributed by atoms with Gasteiger partial charge in [0.1, 0.15) is 5.82 Å². The van der Waals surface area contributed by atoms with E-state index in [9.17, 15) is 0 Å². The van der Waals surface area contributed by atoms with Crippen molar-refractivity contribution in [2.75, 3.05) is 5.73 Å². The maximum absolute atomic E-state index is 6.08. The highest BCUT2D eigenvalue weighted by Gasteiger charge is 2.27. The van der Waals surface area contributed by atoms with Crippen molar-refractivity contribution in [3.05, 3.63) is 12.0 Å². The Hall–Kier alpha value is -0.990. The lowest BCUT2D eigenvalue weighted by atomic mass is 9.95. The summed E-state index contributed by atoms with van der Waals surface area (Å²) < 4.78 is 2.13. The highest BCUT2D eigenvalue weighted by molar-refractivity contribution is 5.39. The Balaban J connectivity index is 2.25. The number of nitrogens with two attached hydrogens (primary N) is 1. The Kier molecular flexibility index (Phi) is 2.25. The van der Waals surface area contributed by atoms with Gasteiger partial charge < -0.3 is 10.3 Å². The van der Waals surface area contributed by atoms with Gasteiger partial charge in [0.05, 0.1) is 12.0 Å². The average molecular weight is 193 g/mol. The molecule has 3 nitrogen and oxygen atoms in total. The number of anilines is 1. The van der Waals surface area contributed by atoms with Crippen LogP contribution in [0.2, 0.25) is 0 Å². The van der Waals surface area contributed by atoms with Crippen LogP contribution in [0.4, 0.5) is 5.82 Å². The molecule has 0 saturated heterocycles. The highest BCUT2D eigenvalue weighted by Crippen LogP contribution is 2.39. The molecule has 1 saturated carbocycles. The highest BCUT2D eigenvalue weighted by atomic mass is 15.2. The van der Waals surface area contributed by atoms with Crippen LogP contribution in [0.5, 0.6) is 0 Å². The average Bonchev–Trinajstić information content (AvgIpc) is 2.89. The number of rotatable bonds is 3. The Morgan fingerprint density at radius 1 is 1.43 bits per heavy atom. The molecule has 14 heavy (non-hydrogen) atoms. The zero-order valence-corrected chi connectivity index (χ0v) is 9.20. The molecule has 1 aliphatic rings. The first kappa shape index (κ1) is 9.56. The molecule has 1 fully saturated rings. The summed E-state index contributed by atoms with van der Waals surface area (Å²) in [5.74, 6) is 1.93. The van der Waals surface area contributed by atoms with Crippen molar-refractivity contribution in [2.24, 2.45) is 5.92 Å². The topological polar surface area (TPSA) is 43.8 Å². The number of aromatic nitrogens is 2. The van der Waals surface area contributed by atoms with Gasteiger partial charge in [-0.15, -0.1) is 0 Å². The second kappa shape index (κ2) is 3.30. The second-order valence-electron chi connectivity index (χ2n) is 4.69. The first-order valence-corrected chi connectivity index (χ1v) is 5.43. The quantitative estimate of drug-likeness (QED) is 0.801. The van der Waals surface area contributed by atoms with Gasteiger partial charge in [-0.2, -0.15) is 0 Å². The molecular formula is C11H19N3. The van der Waals surface area contributed by atoms with Crippen molar-refractivity contribution in [3.63, 3.8) is 0 Å². The first-order chi connectivity index (χ1) is 6.61. The summed E-state index contributed by atoms with van der Waals surface area (Å²) in [6.45, 7) is 6.61. The van der Waals surface area contributed by atoms with Crippen LogP contribution < -0.4 is 5.73 Å². The Bertz CT molecular complexity index is 323. The molecule has 0 amide bonds. The molecule has 1 unspecified atom stereocenters. The molecule has 1 aliphatic carbocycles. The fraction of sp³-hybridized carbons (Fsp3) is 0.727. The smallest absolute Gasteiger partial charge is 0.127 e. The van der Waals surface area contributed by atoms with Crippen LogP contribution in [0.15, 0.2) is 6.33 Å². The van der Waals surface area contributed by atoms with Crippen molar-refractivity contribution >= 4 is 5.82 Å². The summed E-state index contributed by atoms with van der Waals surface area (Å²) in [4.78, 5) is 4.44. The minimum Gasteiger partial charge on any atom is -0.384 e. The monoisotopic (exact) mass is 193 g/mol. The van der Waals surface area contributed by atoms with E-state index in [-0.39, 0.29) is 0 Å². The maximum Gasteiger partial charge on any atom is 0.127 e. The van der Waals surface area contributed by atoms with E-state index in [2.05, 4.69) is 30.3 Å². The number of hydrogen-bond acceptors (Lipinski definition) is 2. The lowest BCUT2D eigenvalue weighted by Crippen LogP contribution is -2.07. The predicted molar refractivity (Wildman–Crippen MR) is 58.2 cm³/mol. The van der Waals surface area contributed by atoms with E-state index >= 15 is 0 Å². The number of nitrogens with zero attached hydrogens (tertiary/aromatic N) is 2. The molecule has 0 aromatic carbocycles. The second-order valence-corrected chi connectivity index (χ2v) is 4.69. The number of nitrogen functional groups attached to an aromatic ring is 1. The summed E-state index contributed by atoms with van der Waals surface area (Å²) in [5, 5.41) is 0. The zero-order chi connectivity index (χ0) is 10.3. The molecule has 1 aromatic rings. The van der Waals surface area contributed by atoms with E-state index in [1.165, 1.54) is 12.8 Å². The van der Waals surface area contributed by atoms with Crippen LogP contribution in [0.3, 0.4) is 0 Å². The van der Waals surface area contributed by atoms with E-state index in [0.29, 0.717) is 17.9 Å². The van der Waals surface area contributed by atoms with Crippen molar-refractivity contribution in [1.82, 2.24) is 9.55 Å². The molecule has 2 N–H and O–H groups in total. The lowest BCUT2D eigenvalue weighted by molar-refractivity contribution is 0.526. The molecule has 3 heteroatoms. The maximum atomic E-state index is 6.08. The third-order valence-electron chi connectivity index (χ3n) is 3.23. The summed E-state index contributed by atoms with van der Waals surface area (Å²) in [5.41, 5.74) is 7.16. The Morgan fingerprint density at radius 2 is 2.07 bits per heavy atom. The SMILES string of the molecule is CC(C)C(C)c1ncn(C2CC2)c1N. The predicted octanol–water partition coefficient (Wildman–Crippen LogP) is 2.56. The number of imidazole rings is 1. The van der Waals surface area contributed by atoms with E-state index in [1.54, 1.807) is 0 Å². The minimum absolute atomic E-state index is 0.454. The normalized spacial score (nSPS) is 18.9. The van der Waals surface area contributed by atoms with Crippen LogP contribution in [-0.4, -0.2) is 9.55 Å². The van der Waals surface area contributed by atoms with Crippen LogP contribution in [0.1, 0.15) is 51.3 Å². The van der Waals surface area contributed by atoms with Gasteiger partial charge in [-0.05, 0) is 18.8 Å². The van der Waals surface area contributed by atoms with Crippen LogP contribution in [0.25, 0.3) is 0 Å². The minimum atomic E-state index is 0.454. The molecule has 1 heterocycles. The molecule has 0 spiro atoms. The summed E-state index contributed by atoms with van der Waals surface area (Å²) >= 11 is 0. The van der Waals surface area contributed by atoms with Gasteiger partial charge in [-0.3, -0.25) is 0 Å². The van der Waals surface area contributed by atoms with Crippen molar-refractivity contribution < 1.29 is 0 Å². The molecule has 1 atom stereocenters. The molecule has 1 aromatic heterocycles. The van der Waals surface area contributed by atoms with Gasteiger partial charge in [0, 0.05) is 12.0 Å². The van der Waals surface area contributed by atoms with Gasteiger partial charge in [-0.1, -0.05) is 20.8 Å². The fourth-order valence-electron chi connectivity index (χ4n) is 1.70. The summed E-state index contributed by atoms with van der Waals surface area (Å²) in [7, 11) is 0. The summed E-state index contributed by atoms with van der Waals surface area (Å²) in [6, 6.07) is 0.635. The van der Waals surface area contributed by atoms with Gasteiger partial charge in [0.2, 0.25) is 0 Å². The fourth-order valence-corrected chi connectivity index (χ4v) is 1.70. The van der Waals surface area contributed by atoms with Crippen LogP contribution >= 0.6 is 0 Å². The zero-order valence-electron chi connectivity index (χ0n) is 9.20. The van der Waals surface area contributed by atoms with Crippen LogP contribution in [0, 0.1) is 5.92 Å². The van der Waals surface area contributed by atoms with Crippen LogP contribution in [-0.2, 0) is 0 Å². The molecule has 0 radical (unpaired) electrons.